The zero-order chi connectivity index (χ0) is 15.7. The van der Waals surface area contributed by atoms with Gasteiger partial charge in [0.05, 0.1) is 24.2 Å². The van der Waals surface area contributed by atoms with Crippen LogP contribution in [0.25, 0.3) is 0 Å². The number of aliphatic hydroxyl groups excluding tert-OH is 1. The molecule has 0 saturated heterocycles. The quantitative estimate of drug-likeness (QED) is 0.508. The summed E-state index contributed by atoms with van der Waals surface area (Å²) in [5, 5.41) is 23.6. The largest absolute Gasteiger partial charge is 0.487 e. The van der Waals surface area contributed by atoms with Gasteiger partial charge in [0.1, 0.15) is 0 Å². The van der Waals surface area contributed by atoms with E-state index >= 15 is 0 Å². The highest BCUT2D eigenvalue weighted by Gasteiger charge is 2.15. The molecule has 0 aliphatic heterocycles. The topological polar surface area (TPSA) is 93.9 Å². The summed E-state index contributed by atoms with van der Waals surface area (Å²) in [7, 11) is 1.53. The maximum Gasteiger partial charge on any atom is 0.311 e. The number of hydrogen-bond donors (Lipinski definition) is 2. The van der Waals surface area contributed by atoms with Gasteiger partial charge in [-0.3, -0.25) is 10.1 Å². The van der Waals surface area contributed by atoms with Crippen molar-refractivity contribution in [3.8, 4) is 5.75 Å². The molecular weight excluding hydrogens is 276 g/mol. The van der Waals surface area contributed by atoms with Crippen LogP contribution in [0.4, 0.5) is 11.4 Å². The highest BCUT2D eigenvalue weighted by molar-refractivity contribution is 5.57. The SMILES string of the molecule is CCCOc1cc(NCCC(O)COC)ccc1[N+](=O)[O-]. The van der Waals surface area contributed by atoms with E-state index in [-0.39, 0.29) is 18.0 Å². The Morgan fingerprint density at radius 3 is 2.86 bits per heavy atom. The molecule has 1 rings (SSSR count). The van der Waals surface area contributed by atoms with Crippen molar-refractivity contribution in [2.24, 2.45) is 0 Å². The Morgan fingerprint density at radius 2 is 2.24 bits per heavy atom. The lowest BCUT2D eigenvalue weighted by molar-refractivity contribution is -0.385. The van der Waals surface area contributed by atoms with Gasteiger partial charge in [-0.05, 0) is 18.9 Å². The van der Waals surface area contributed by atoms with Crippen molar-refractivity contribution in [2.75, 3.05) is 32.2 Å². The fourth-order valence-electron chi connectivity index (χ4n) is 1.76. The van der Waals surface area contributed by atoms with E-state index in [0.717, 1.165) is 12.1 Å². The summed E-state index contributed by atoms with van der Waals surface area (Å²) in [6, 6.07) is 4.65. The third-order valence-corrected chi connectivity index (χ3v) is 2.78. The number of methoxy groups -OCH3 is 1. The van der Waals surface area contributed by atoms with Crippen molar-refractivity contribution < 1.29 is 19.5 Å². The number of nitrogens with one attached hydrogen (secondary N) is 1. The van der Waals surface area contributed by atoms with Gasteiger partial charge < -0.3 is 19.9 Å². The maximum atomic E-state index is 10.9. The Labute approximate surface area is 124 Å². The van der Waals surface area contributed by atoms with Crippen molar-refractivity contribution >= 4 is 11.4 Å². The molecule has 7 heteroatoms. The third-order valence-electron chi connectivity index (χ3n) is 2.78. The summed E-state index contributed by atoms with van der Waals surface area (Å²) >= 11 is 0. The molecule has 0 fully saturated rings. The normalized spacial score (nSPS) is 12.0. The van der Waals surface area contributed by atoms with Gasteiger partial charge >= 0.3 is 5.69 Å². The molecule has 0 aliphatic rings. The fourth-order valence-corrected chi connectivity index (χ4v) is 1.76. The molecule has 0 saturated carbocycles. The molecular formula is C14H22N2O5. The van der Waals surface area contributed by atoms with E-state index in [9.17, 15) is 15.2 Å². The minimum atomic E-state index is -0.531. The molecule has 1 unspecified atom stereocenters. The lowest BCUT2D eigenvalue weighted by Gasteiger charge is -2.12. The lowest BCUT2D eigenvalue weighted by Crippen LogP contribution is -2.18. The number of nitro benzene ring substituents is 1. The van der Waals surface area contributed by atoms with Crippen molar-refractivity contribution in [1.29, 1.82) is 0 Å². The number of hydrogen-bond acceptors (Lipinski definition) is 6. The third kappa shape index (κ3) is 5.97. The highest BCUT2D eigenvalue weighted by Crippen LogP contribution is 2.30. The molecule has 118 valence electrons. The summed E-state index contributed by atoms with van der Waals surface area (Å²) in [6.07, 6.45) is 0.768. The molecule has 0 heterocycles. The predicted octanol–water partition coefficient (Wildman–Crippen LogP) is 2.19. The van der Waals surface area contributed by atoms with Crippen LogP contribution >= 0.6 is 0 Å². The van der Waals surface area contributed by atoms with Crippen molar-refractivity contribution in [2.45, 2.75) is 25.9 Å². The van der Waals surface area contributed by atoms with Crippen LogP contribution in [-0.2, 0) is 4.74 Å². The molecule has 0 aliphatic carbocycles. The summed E-state index contributed by atoms with van der Waals surface area (Å²) in [5.74, 6) is 0.254. The van der Waals surface area contributed by atoms with E-state index in [0.29, 0.717) is 19.6 Å². The predicted molar refractivity (Wildman–Crippen MR) is 79.9 cm³/mol. The second-order valence-corrected chi connectivity index (χ2v) is 4.61. The van der Waals surface area contributed by atoms with E-state index < -0.39 is 11.0 Å². The van der Waals surface area contributed by atoms with Crippen molar-refractivity contribution in [1.82, 2.24) is 0 Å². The van der Waals surface area contributed by atoms with Gasteiger partial charge in [0.25, 0.3) is 0 Å². The highest BCUT2D eigenvalue weighted by atomic mass is 16.6. The Hall–Kier alpha value is -1.86. The zero-order valence-corrected chi connectivity index (χ0v) is 12.4. The Balaban J connectivity index is 2.64. The first-order valence-corrected chi connectivity index (χ1v) is 6.90. The number of nitro groups is 1. The van der Waals surface area contributed by atoms with Crippen LogP contribution in [0.15, 0.2) is 18.2 Å². The Morgan fingerprint density at radius 1 is 1.48 bits per heavy atom. The van der Waals surface area contributed by atoms with E-state index in [1.54, 1.807) is 12.1 Å². The summed E-state index contributed by atoms with van der Waals surface area (Å²) in [6.45, 7) is 3.18. The molecule has 0 bridgehead atoms. The molecule has 1 atom stereocenters. The molecule has 0 radical (unpaired) electrons. The van der Waals surface area contributed by atoms with E-state index in [1.165, 1.54) is 13.2 Å². The maximum absolute atomic E-state index is 10.9. The van der Waals surface area contributed by atoms with Crippen LogP contribution in [0.5, 0.6) is 5.75 Å². The van der Waals surface area contributed by atoms with Gasteiger partial charge in [0.2, 0.25) is 0 Å². The van der Waals surface area contributed by atoms with E-state index in [4.69, 9.17) is 9.47 Å². The number of nitrogens with zero attached hydrogens (tertiary/aromatic N) is 1. The first-order chi connectivity index (χ1) is 10.1. The first-order valence-electron chi connectivity index (χ1n) is 6.90. The molecule has 0 amide bonds. The van der Waals surface area contributed by atoms with Gasteiger partial charge in [-0.2, -0.15) is 0 Å². The molecule has 21 heavy (non-hydrogen) atoms. The number of rotatable bonds is 10. The van der Waals surface area contributed by atoms with E-state index in [1.807, 2.05) is 6.92 Å². The van der Waals surface area contributed by atoms with E-state index in [2.05, 4.69) is 5.32 Å². The molecule has 0 spiro atoms. The smallest absolute Gasteiger partial charge is 0.311 e. The summed E-state index contributed by atoms with van der Waals surface area (Å²) in [4.78, 5) is 10.5. The minimum absolute atomic E-state index is 0.0478. The molecule has 2 N–H and O–H groups in total. The average Bonchev–Trinajstić information content (AvgIpc) is 2.45. The molecule has 7 nitrogen and oxygen atoms in total. The molecule has 1 aromatic rings. The molecule has 0 aromatic heterocycles. The lowest BCUT2D eigenvalue weighted by atomic mass is 10.2. The zero-order valence-electron chi connectivity index (χ0n) is 12.4. The number of ether oxygens (including phenoxy) is 2. The van der Waals surface area contributed by atoms with Crippen LogP contribution in [0.3, 0.4) is 0 Å². The number of anilines is 1. The monoisotopic (exact) mass is 298 g/mol. The van der Waals surface area contributed by atoms with Crippen LogP contribution in [0, 0.1) is 10.1 Å². The minimum Gasteiger partial charge on any atom is -0.487 e. The van der Waals surface area contributed by atoms with Crippen molar-refractivity contribution in [3.05, 3.63) is 28.3 Å². The second kappa shape index (κ2) is 9.15. The van der Waals surface area contributed by atoms with Gasteiger partial charge in [0.15, 0.2) is 5.75 Å². The Bertz CT molecular complexity index is 453. The van der Waals surface area contributed by atoms with Crippen LogP contribution in [0.2, 0.25) is 0 Å². The van der Waals surface area contributed by atoms with Crippen LogP contribution in [0.1, 0.15) is 19.8 Å². The first kappa shape index (κ1) is 17.2. The summed E-state index contributed by atoms with van der Waals surface area (Å²) in [5.41, 5.74) is 0.671. The van der Waals surface area contributed by atoms with Gasteiger partial charge in [0, 0.05) is 31.5 Å². The van der Waals surface area contributed by atoms with Crippen molar-refractivity contribution in [3.63, 3.8) is 0 Å². The average molecular weight is 298 g/mol. The van der Waals surface area contributed by atoms with Gasteiger partial charge in [-0.25, -0.2) is 0 Å². The summed E-state index contributed by atoms with van der Waals surface area (Å²) < 4.78 is 10.2. The standard InChI is InChI=1S/C14H22N2O5/c1-3-8-21-14-9-11(4-5-13(14)16(18)19)15-7-6-12(17)10-20-2/h4-5,9,12,15,17H,3,6-8,10H2,1-2H3. The van der Waals surface area contributed by atoms with Gasteiger partial charge in [-0.15, -0.1) is 0 Å². The fraction of sp³-hybridized carbons (Fsp3) is 0.571. The molecule has 1 aromatic carbocycles. The number of benzene rings is 1. The Kier molecular flexibility index (Phi) is 7.49. The number of aliphatic hydroxyl groups is 1. The van der Waals surface area contributed by atoms with Gasteiger partial charge in [-0.1, -0.05) is 6.92 Å². The second-order valence-electron chi connectivity index (χ2n) is 4.61. The van der Waals surface area contributed by atoms with Crippen LogP contribution in [-0.4, -0.2) is 43.0 Å². The van der Waals surface area contributed by atoms with Crippen LogP contribution < -0.4 is 10.1 Å².